The summed E-state index contributed by atoms with van der Waals surface area (Å²) >= 11 is 0. The Labute approximate surface area is 99.5 Å². The fraction of sp³-hybridized carbons (Fsp3) is 0.308. The molecular weight excluding hydrogens is 219 g/mol. The van der Waals surface area contributed by atoms with Gasteiger partial charge in [-0.25, -0.2) is 4.39 Å². The van der Waals surface area contributed by atoms with E-state index in [2.05, 4.69) is 5.10 Å². The van der Waals surface area contributed by atoms with E-state index in [0.29, 0.717) is 13.0 Å². The molecule has 0 saturated carbocycles. The summed E-state index contributed by atoms with van der Waals surface area (Å²) < 4.78 is 14.7. The Morgan fingerprint density at radius 3 is 2.94 bits per heavy atom. The fourth-order valence-corrected chi connectivity index (χ4v) is 1.76. The minimum atomic E-state index is -0.215. The Morgan fingerprint density at radius 2 is 2.24 bits per heavy atom. The lowest BCUT2D eigenvalue weighted by Gasteiger charge is -2.05. The van der Waals surface area contributed by atoms with Gasteiger partial charge < -0.3 is 5.11 Å². The van der Waals surface area contributed by atoms with Crippen molar-refractivity contribution in [3.8, 4) is 0 Å². The highest BCUT2D eigenvalue weighted by molar-refractivity contribution is 5.26. The first-order valence-corrected chi connectivity index (χ1v) is 5.56. The van der Waals surface area contributed by atoms with Gasteiger partial charge in [0.1, 0.15) is 5.82 Å². The Balaban J connectivity index is 2.13. The molecule has 0 unspecified atom stereocenters. The standard InChI is InChI=1S/C13H15FN2O/c1-10-6-13(14)3-2-12(10)9-16-8-11(4-5-17)7-15-16/h2-3,6-8,17H,4-5,9H2,1H3. The second-order valence-electron chi connectivity index (χ2n) is 4.09. The summed E-state index contributed by atoms with van der Waals surface area (Å²) in [5.74, 6) is -0.215. The molecule has 90 valence electrons. The summed E-state index contributed by atoms with van der Waals surface area (Å²) in [7, 11) is 0. The van der Waals surface area contributed by atoms with Crippen LogP contribution < -0.4 is 0 Å². The number of rotatable bonds is 4. The predicted molar refractivity (Wildman–Crippen MR) is 63.3 cm³/mol. The molecule has 3 nitrogen and oxygen atoms in total. The monoisotopic (exact) mass is 234 g/mol. The van der Waals surface area contributed by atoms with Gasteiger partial charge >= 0.3 is 0 Å². The first-order valence-electron chi connectivity index (χ1n) is 5.56. The van der Waals surface area contributed by atoms with Crippen LogP contribution >= 0.6 is 0 Å². The van der Waals surface area contributed by atoms with Crippen LogP contribution in [0.2, 0.25) is 0 Å². The highest BCUT2D eigenvalue weighted by atomic mass is 19.1. The number of aliphatic hydroxyl groups excluding tert-OH is 1. The average Bonchev–Trinajstić information content (AvgIpc) is 2.71. The Bertz CT molecular complexity index is 508. The Morgan fingerprint density at radius 1 is 1.41 bits per heavy atom. The minimum absolute atomic E-state index is 0.126. The average molecular weight is 234 g/mol. The van der Waals surface area contributed by atoms with Crippen LogP contribution in [0, 0.1) is 12.7 Å². The van der Waals surface area contributed by atoms with Gasteiger partial charge in [0, 0.05) is 12.8 Å². The third-order valence-electron chi connectivity index (χ3n) is 2.72. The third kappa shape index (κ3) is 2.91. The maximum absolute atomic E-state index is 12.9. The molecule has 0 aliphatic rings. The molecule has 0 amide bonds. The van der Waals surface area contributed by atoms with Crippen molar-refractivity contribution in [2.75, 3.05) is 6.61 Å². The van der Waals surface area contributed by atoms with Crippen LogP contribution in [-0.2, 0) is 13.0 Å². The zero-order valence-electron chi connectivity index (χ0n) is 9.73. The molecule has 0 radical (unpaired) electrons. The van der Waals surface area contributed by atoms with Gasteiger partial charge in [-0.05, 0) is 42.2 Å². The van der Waals surface area contributed by atoms with Crippen molar-refractivity contribution in [3.05, 3.63) is 53.1 Å². The second kappa shape index (κ2) is 5.10. The van der Waals surface area contributed by atoms with E-state index in [4.69, 9.17) is 5.11 Å². The molecule has 17 heavy (non-hydrogen) atoms. The van der Waals surface area contributed by atoms with Crippen LogP contribution in [0.1, 0.15) is 16.7 Å². The molecule has 4 heteroatoms. The fourth-order valence-electron chi connectivity index (χ4n) is 1.76. The summed E-state index contributed by atoms with van der Waals surface area (Å²) in [4.78, 5) is 0. The van der Waals surface area contributed by atoms with Crippen molar-refractivity contribution >= 4 is 0 Å². The van der Waals surface area contributed by atoms with Crippen LogP contribution in [0.15, 0.2) is 30.6 Å². The number of aromatic nitrogens is 2. The van der Waals surface area contributed by atoms with Gasteiger partial charge in [0.25, 0.3) is 0 Å². The molecule has 0 spiro atoms. The smallest absolute Gasteiger partial charge is 0.123 e. The first-order chi connectivity index (χ1) is 8.19. The minimum Gasteiger partial charge on any atom is -0.396 e. The summed E-state index contributed by atoms with van der Waals surface area (Å²) in [5.41, 5.74) is 2.97. The molecule has 0 aliphatic carbocycles. The van der Waals surface area contributed by atoms with E-state index in [-0.39, 0.29) is 12.4 Å². The van der Waals surface area contributed by atoms with E-state index in [1.807, 2.05) is 13.1 Å². The number of aliphatic hydroxyl groups is 1. The van der Waals surface area contributed by atoms with E-state index in [1.54, 1.807) is 16.9 Å². The molecule has 1 aromatic carbocycles. The summed E-state index contributed by atoms with van der Waals surface area (Å²) in [6.07, 6.45) is 4.26. The van der Waals surface area contributed by atoms with E-state index < -0.39 is 0 Å². The predicted octanol–water partition coefficient (Wildman–Crippen LogP) is 1.91. The lowest BCUT2D eigenvalue weighted by Crippen LogP contribution is -2.02. The largest absolute Gasteiger partial charge is 0.396 e. The van der Waals surface area contributed by atoms with Gasteiger partial charge in [-0.15, -0.1) is 0 Å². The van der Waals surface area contributed by atoms with Gasteiger partial charge in [-0.1, -0.05) is 6.07 Å². The SMILES string of the molecule is Cc1cc(F)ccc1Cn1cc(CCO)cn1. The molecule has 1 aromatic heterocycles. The number of nitrogens with zero attached hydrogens (tertiary/aromatic N) is 2. The second-order valence-corrected chi connectivity index (χ2v) is 4.09. The van der Waals surface area contributed by atoms with Gasteiger partial charge in [-0.2, -0.15) is 5.10 Å². The summed E-state index contributed by atoms with van der Waals surface area (Å²) in [6.45, 7) is 2.63. The van der Waals surface area contributed by atoms with Crippen molar-refractivity contribution in [3.63, 3.8) is 0 Å². The van der Waals surface area contributed by atoms with E-state index >= 15 is 0 Å². The highest BCUT2D eigenvalue weighted by Crippen LogP contribution is 2.12. The number of hydrogen-bond donors (Lipinski definition) is 1. The lowest BCUT2D eigenvalue weighted by molar-refractivity contribution is 0.299. The Kier molecular flexibility index (Phi) is 3.54. The van der Waals surface area contributed by atoms with Gasteiger partial charge in [0.05, 0.1) is 12.7 Å². The number of halogens is 1. The third-order valence-corrected chi connectivity index (χ3v) is 2.72. The first kappa shape index (κ1) is 11.8. The molecule has 1 N–H and O–H groups in total. The quantitative estimate of drug-likeness (QED) is 0.877. The molecule has 1 heterocycles. The molecule has 0 bridgehead atoms. The maximum Gasteiger partial charge on any atom is 0.123 e. The van der Waals surface area contributed by atoms with Gasteiger partial charge in [0.15, 0.2) is 0 Å². The van der Waals surface area contributed by atoms with Crippen LogP contribution in [0.3, 0.4) is 0 Å². The molecular formula is C13H15FN2O. The number of aryl methyl sites for hydroxylation is 1. The van der Waals surface area contributed by atoms with Crippen LogP contribution in [0.4, 0.5) is 4.39 Å². The topological polar surface area (TPSA) is 38.0 Å². The maximum atomic E-state index is 12.9. The molecule has 0 fully saturated rings. The van der Waals surface area contributed by atoms with Crippen molar-refractivity contribution in [2.45, 2.75) is 19.9 Å². The number of hydrogen-bond acceptors (Lipinski definition) is 2. The van der Waals surface area contributed by atoms with E-state index in [9.17, 15) is 4.39 Å². The van der Waals surface area contributed by atoms with E-state index in [0.717, 1.165) is 16.7 Å². The molecule has 0 atom stereocenters. The van der Waals surface area contributed by atoms with Crippen LogP contribution in [0.5, 0.6) is 0 Å². The van der Waals surface area contributed by atoms with Crippen LogP contribution in [-0.4, -0.2) is 21.5 Å². The van der Waals surface area contributed by atoms with Crippen molar-refractivity contribution < 1.29 is 9.50 Å². The lowest BCUT2D eigenvalue weighted by atomic mass is 10.1. The summed E-state index contributed by atoms with van der Waals surface area (Å²) in [5, 5.41) is 13.0. The highest BCUT2D eigenvalue weighted by Gasteiger charge is 2.03. The van der Waals surface area contributed by atoms with Crippen molar-refractivity contribution in [1.82, 2.24) is 9.78 Å². The normalized spacial score (nSPS) is 10.8. The number of benzene rings is 1. The Hall–Kier alpha value is -1.68. The molecule has 0 aliphatic heterocycles. The zero-order chi connectivity index (χ0) is 12.3. The molecule has 2 rings (SSSR count). The van der Waals surface area contributed by atoms with Gasteiger partial charge in [-0.3, -0.25) is 4.68 Å². The van der Waals surface area contributed by atoms with Crippen molar-refractivity contribution in [1.29, 1.82) is 0 Å². The summed E-state index contributed by atoms with van der Waals surface area (Å²) in [6, 6.07) is 4.76. The zero-order valence-corrected chi connectivity index (χ0v) is 9.73. The van der Waals surface area contributed by atoms with Gasteiger partial charge in [0.2, 0.25) is 0 Å². The molecule has 0 saturated heterocycles. The van der Waals surface area contributed by atoms with E-state index in [1.165, 1.54) is 12.1 Å². The molecule has 2 aromatic rings. The van der Waals surface area contributed by atoms with Crippen LogP contribution in [0.25, 0.3) is 0 Å². The van der Waals surface area contributed by atoms with Crippen molar-refractivity contribution in [2.24, 2.45) is 0 Å².